The average Bonchev–Trinajstić information content (AvgIpc) is 2.98. The first-order valence-corrected chi connectivity index (χ1v) is 12.9. The molecule has 0 bridgehead atoms. The van der Waals surface area contributed by atoms with Gasteiger partial charge in [-0.05, 0) is 58.8 Å². The van der Waals surface area contributed by atoms with Crippen LogP contribution in [-0.2, 0) is 0 Å². The molecule has 0 atom stereocenters. The summed E-state index contributed by atoms with van der Waals surface area (Å²) in [5, 5.41) is 2.35. The minimum absolute atomic E-state index is 0.0238. The highest BCUT2D eigenvalue weighted by Crippen LogP contribution is 2.43. The second kappa shape index (κ2) is 8.29. The third-order valence-corrected chi connectivity index (χ3v) is 7.57. The largest absolute Gasteiger partial charge is 0.458 e. The Kier molecular flexibility index (Phi) is 4.62. The first-order valence-electron chi connectivity index (χ1n) is 12.9. The summed E-state index contributed by atoms with van der Waals surface area (Å²) < 4.78 is 13.0. The Labute approximate surface area is 221 Å². The summed E-state index contributed by atoms with van der Waals surface area (Å²) in [7, 11) is 0. The molecule has 8 rings (SSSR count). The van der Waals surface area contributed by atoms with Crippen molar-refractivity contribution in [3.05, 3.63) is 133 Å². The molecule has 4 heteroatoms. The van der Waals surface area contributed by atoms with Gasteiger partial charge in [0.15, 0.2) is 0 Å². The molecule has 2 aliphatic heterocycles. The lowest BCUT2D eigenvalue weighted by atomic mass is 9.34. The Morgan fingerprint density at radius 2 is 1.00 bits per heavy atom. The zero-order chi connectivity index (χ0) is 25.1. The van der Waals surface area contributed by atoms with Crippen molar-refractivity contribution in [3.63, 3.8) is 0 Å². The van der Waals surface area contributed by atoms with Crippen LogP contribution < -0.4 is 30.8 Å². The Hall–Kier alpha value is -4.96. The molecule has 0 radical (unpaired) electrons. The highest BCUT2D eigenvalue weighted by molar-refractivity contribution is 6.99. The van der Waals surface area contributed by atoms with Crippen molar-refractivity contribution in [2.45, 2.75) is 0 Å². The fourth-order valence-corrected chi connectivity index (χ4v) is 5.99. The Morgan fingerprint density at radius 1 is 0.447 bits per heavy atom. The Morgan fingerprint density at radius 3 is 1.71 bits per heavy atom. The zero-order valence-corrected chi connectivity index (χ0v) is 20.5. The molecule has 0 N–H and O–H groups in total. The third kappa shape index (κ3) is 3.10. The van der Waals surface area contributed by atoms with E-state index in [1.165, 1.54) is 16.2 Å². The van der Waals surface area contributed by atoms with Gasteiger partial charge in [0.05, 0.1) is 5.69 Å². The second-order valence-electron chi connectivity index (χ2n) is 9.70. The molecule has 6 aromatic carbocycles. The van der Waals surface area contributed by atoms with Gasteiger partial charge in [-0.15, -0.1) is 0 Å². The van der Waals surface area contributed by atoms with E-state index in [1.54, 1.807) is 0 Å². The van der Waals surface area contributed by atoms with Crippen LogP contribution in [-0.4, -0.2) is 6.71 Å². The van der Waals surface area contributed by atoms with E-state index in [0.29, 0.717) is 0 Å². The molecule has 2 heterocycles. The maximum absolute atomic E-state index is 6.70. The van der Waals surface area contributed by atoms with Gasteiger partial charge in [0.1, 0.15) is 23.0 Å². The molecule has 0 unspecified atom stereocenters. The molecule has 38 heavy (non-hydrogen) atoms. The standard InChI is InChI=1S/C34H22BNO2/c1-3-12-23(13-4-1)36(24-14-5-2-6-15-24)28-22-32-33(26-17-8-7-16-25(26)28)35-27-18-9-10-19-29(27)37-30-20-11-21-31(38-32)34(30)35/h1-22H. The average molecular weight is 487 g/mol. The molecule has 0 saturated carbocycles. The van der Waals surface area contributed by atoms with Gasteiger partial charge in [-0.25, -0.2) is 0 Å². The molecule has 3 nitrogen and oxygen atoms in total. The number of benzene rings is 6. The minimum Gasteiger partial charge on any atom is -0.458 e. The van der Waals surface area contributed by atoms with Crippen LogP contribution in [0.1, 0.15) is 0 Å². The molecule has 0 aromatic heterocycles. The smallest absolute Gasteiger partial charge is 0.261 e. The summed E-state index contributed by atoms with van der Waals surface area (Å²) in [6.45, 7) is 0.0238. The van der Waals surface area contributed by atoms with Crippen LogP contribution >= 0.6 is 0 Å². The first-order chi connectivity index (χ1) is 18.9. The molecular formula is C34H22BNO2. The maximum atomic E-state index is 6.70. The molecule has 6 aromatic rings. The van der Waals surface area contributed by atoms with Crippen molar-refractivity contribution in [1.29, 1.82) is 0 Å². The predicted octanol–water partition coefficient (Wildman–Crippen LogP) is 7.04. The fraction of sp³-hybridized carbons (Fsp3) is 0. The molecule has 0 saturated heterocycles. The van der Waals surface area contributed by atoms with E-state index in [-0.39, 0.29) is 6.71 Å². The van der Waals surface area contributed by atoms with Crippen molar-refractivity contribution in [2.24, 2.45) is 0 Å². The van der Waals surface area contributed by atoms with Crippen LogP contribution in [0, 0.1) is 0 Å². The van der Waals surface area contributed by atoms with Gasteiger partial charge < -0.3 is 14.4 Å². The monoisotopic (exact) mass is 487 g/mol. The van der Waals surface area contributed by atoms with Crippen LogP contribution in [0.15, 0.2) is 133 Å². The molecular weight excluding hydrogens is 465 g/mol. The topological polar surface area (TPSA) is 21.7 Å². The van der Waals surface area contributed by atoms with Gasteiger partial charge in [-0.1, -0.05) is 84.9 Å². The fourth-order valence-electron chi connectivity index (χ4n) is 5.99. The van der Waals surface area contributed by atoms with Crippen LogP contribution in [0.2, 0.25) is 0 Å². The van der Waals surface area contributed by atoms with Crippen molar-refractivity contribution >= 4 is 50.9 Å². The molecule has 0 spiro atoms. The van der Waals surface area contributed by atoms with Gasteiger partial charge in [-0.3, -0.25) is 0 Å². The number of hydrogen-bond acceptors (Lipinski definition) is 3. The highest BCUT2D eigenvalue weighted by Gasteiger charge is 2.41. The van der Waals surface area contributed by atoms with E-state index in [2.05, 4.69) is 114 Å². The second-order valence-corrected chi connectivity index (χ2v) is 9.70. The molecule has 0 aliphatic carbocycles. The van der Waals surface area contributed by atoms with Crippen molar-refractivity contribution in [1.82, 2.24) is 0 Å². The quantitative estimate of drug-likeness (QED) is 0.250. The van der Waals surface area contributed by atoms with Crippen molar-refractivity contribution in [3.8, 4) is 23.0 Å². The number of anilines is 3. The van der Waals surface area contributed by atoms with Gasteiger partial charge in [0.25, 0.3) is 6.71 Å². The summed E-state index contributed by atoms with van der Waals surface area (Å²) in [5.41, 5.74) is 6.72. The summed E-state index contributed by atoms with van der Waals surface area (Å²) in [5.74, 6) is 3.49. The summed E-state index contributed by atoms with van der Waals surface area (Å²) in [6.07, 6.45) is 0. The number of para-hydroxylation sites is 3. The number of fused-ring (bicyclic) bond motifs is 6. The summed E-state index contributed by atoms with van der Waals surface area (Å²) in [4.78, 5) is 2.32. The van der Waals surface area contributed by atoms with Crippen molar-refractivity contribution < 1.29 is 9.47 Å². The number of ether oxygens (including phenoxy) is 2. The number of nitrogens with zero attached hydrogens (tertiary/aromatic N) is 1. The summed E-state index contributed by atoms with van der Waals surface area (Å²) in [6, 6.07) is 46.4. The normalized spacial score (nSPS) is 12.6. The summed E-state index contributed by atoms with van der Waals surface area (Å²) >= 11 is 0. The van der Waals surface area contributed by atoms with Crippen LogP contribution in [0.3, 0.4) is 0 Å². The first kappa shape index (κ1) is 21.2. The van der Waals surface area contributed by atoms with E-state index < -0.39 is 0 Å². The predicted molar refractivity (Wildman–Crippen MR) is 156 cm³/mol. The SMILES string of the molecule is c1ccc(N(c2ccccc2)c2cc3c(c4ccccc24)B2c4ccccc4Oc4cccc(c42)O3)cc1. The van der Waals surface area contributed by atoms with Crippen molar-refractivity contribution in [2.75, 3.05) is 4.90 Å². The highest BCUT2D eigenvalue weighted by atomic mass is 16.5. The van der Waals surface area contributed by atoms with E-state index in [9.17, 15) is 0 Å². The number of hydrogen-bond donors (Lipinski definition) is 0. The lowest BCUT2D eigenvalue weighted by Gasteiger charge is -2.35. The minimum atomic E-state index is 0.0238. The van der Waals surface area contributed by atoms with E-state index in [0.717, 1.165) is 51.0 Å². The maximum Gasteiger partial charge on any atom is 0.261 e. The van der Waals surface area contributed by atoms with Gasteiger partial charge >= 0.3 is 0 Å². The molecule has 0 fully saturated rings. The van der Waals surface area contributed by atoms with Crippen LogP contribution in [0.4, 0.5) is 17.1 Å². The lowest BCUT2D eigenvalue weighted by Crippen LogP contribution is -2.57. The molecule has 0 amide bonds. The lowest BCUT2D eigenvalue weighted by molar-refractivity contribution is 0.465. The van der Waals surface area contributed by atoms with Crippen LogP contribution in [0.5, 0.6) is 23.0 Å². The molecule has 178 valence electrons. The van der Waals surface area contributed by atoms with Gasteiger partial charge in [0.2, 0.25) is 0 Å². The Balaban J connectivity index is 1.45. The van der Waals surface area contributed by atoms with Gasteiger partial charge in [-0.2, -0.15) is 0 Å². The number of rotatable bonds is 3. The van der Waals surface area contributed by atoms with Crippen LogP contribution in [0.25, 0.3) is 10.8 Å². The van der Waals surface area contributed by atoms with Gasteiger partial charge in [0, 0.05) is 28.3 Å². The third-order valence-electron chi connectivity index (χ3n) is 7.57. The van der Waals surface area contributed by atoms with E-state index in [1.807, 2.05) is 24.3 Å². The zero-order valence-electron chi connectivity index (χ0n) is 20.5. The van der Waals surface area contributed by atoms with E-state index >= 15 is 0 Å². The Bertz CT molecular complexity index is 1800. The molecule has 2 aliphatic rings. The van der Waals surface area contributed by atoms with E-state index in [4.69, 9.17) is 9.47 Å².